The molecular weight excluding hydrogens is 664 g/mol. The van der Waals surface area contributed by atoms with Crippen molar-refractivity contribution in [1.29, 1.82) is 0 Å². The third kappa shape index (κ3) is 10.1. The molecule has 2 aromatic carbocycles. The van der Waals surface area contributed by atoms with Crippen LogP contribution < -0.4 is 0 Å². The second-order valence-electron chi connectivity index (χ2n) is 10.5. The van der Waals surface area contributed by atoms with Crippen LogP contribution in [0.3, 0.4) is 0 Å². The van der Waals surface area contributed by atoms with Gasteiger partial charge in [0.05, 0.1) is 36.8 Å². The fourth-order valence-corrected chi connectivity index (χ4v) is 7.19. The van der Waals surface area contributed by atoms with Gasteiger partial charge in [0.15, 0.2) is 11.6 Å². The van der Waals surface area contributed by atoms with Crippen molar-refractivity contribution in [3.8, 4) is 0 Å². The van der Waals surface area contributed by atoms with Crippen LogP contribution in [-0.2, 0) is 31.9 Å². The van der Waals surface area contributed by atoms with Crippen molar-refractivity contribution in [1.82, 2.24) is 0 Å². The molecule has 4 aromatic rings. The van der Waals surface area contributed by atoms with Gasteiger partial charge < -0.3 is 14.6 Å². The third-order valence-corrected chi connectivity index (χ3v) is 10.1. The molecule has 4 rings (SSSR count). The third-order valence-electron chi connectivity index (χ3n) is 7.25. The Morgan fingerprint density at radius 2 is 1.11 bits per heavy atom. The van der Waals surface area contributed by atoms with Crippen LogP contribution in [0.4, 0.5) is 0 Å². The number of methoxy groups -OCH3 is 2. The van der Waals surface area contributed by atoms with Crippen molar-refractivity contribution in [2.75, 3.05) is 26.2 Å². The molecule has 0 aliphatic heterocycles. The largest absolute Gasteiger partial charge is 0.469 e. The summed E-state index contributed by atoms with van der Waals surface area (Å²) >= 11 is 6.42. The fraction of sp³-hybridized carbons (Fsp3) is 0.412. The summed E-state index contributed by atoms with van der Waals surface area (Å²) in [5.74, 6) is -0.730. The van der Waals surface area contributed by atoms with Crippen LogP contribution >= 0.6 is 38.6 Å². The van der Waals surface area contributed by atoms with E-state index in [1.165, 1.54) is 59.1 Å². The lowest BCUT2D eigenvalue weighted by molar-refractivity contribution is -0.141. The highest BCUT2D eigenvalue weighted by molar-refractivity contribution is 9.09. The van der Waals surface area contributed by atoms with Gasteiger partial charge in [-0.3, -0.25) is 19.2 Å². The van der Waals surface area contributed by atoms with Gasteiger partial charge in [-0.2, -0.15) is 0 Å². The summed E-state index contributed by atoms with van der Waals surface area (Å²) < 4.78 is 11.3. The molecule has 0 spiro atoms. The molecule has 10 heteroatoms. The standard InChI is InChI=1S/C17H19BrO3S.C17H20O4S/c2*1-11-8-15-13(9-12(11)4-3-7-18)10-16(22-15)14(19)5-6-17(20)21-2/h8-10H,3-7H2,1-2H3;8-10,18H,3-7H2,1-2H3. The lowest BCUT2D eigenvalue weighted by atomic mass is 10.0. The number of carbonyl (C=O) groups excluding carboxylic acids is 4. The molecule has 0 bridgehead atoms. The molecule has 2 aromatic heterocycles. The van der Waals surface area contributed by atoms with E-state index >= 15 is 0 Å². The predicted octanol–water partition coefficient (Wildman–Crippen LogP) is 7.94. The molecule has 236 valence electrons. The zero-order valence-electron chi connectivity index (χ0n) is 25.6. The van der Waals surface area contributed by atoms with E-state index in [9.17, 15) is 19.2 Å². The Kier molecular flexibility index (Phi) is 14.2. The van der Waals surface area contributed by atoms with E-state index in [1.807, 2.05) is 19.1 Å². The highest BCUT2D eigenvalue weighted by Crippen LogP contribution is 2.31. The first kappa shape index (κ1) is 35.6. The average molecular weight is 704 g/mol. The summed E-state index contributed by atoms with van der Waals surface area (Å²) in [7, 11) is 2.66. The maximum Gasteiger partial charge on any atom is 0.305 e. The number of Topliss-reactive ketones (excluding diaryl/α,β-unsaturated/α-hetero) is 2. The predicted molar refractivity (Wildman–Crippen MR) is 182 cm³/mol. The van der Waals surface area contributed by atoms with E-state index in [-0.39, 0.29) is 55.8 Å². The second-order valence-corrected chi connectivity index (χ2v) is 13.4. The van der Waals surface area contributed by atoms with Crippen LogP contribution in [0.5, 0.6) is 0 Å². The Labute approximate surface area is 274 Å². The van der Waals surface area contributed by atoms with Gasteiger partial charge >= 0.3 is 11.9 Å². The molecule has 0 aliphatic rings. The minimum Gasteiger partial charge on any atom is -0.469 e. The molecule has 2 heterocycles. The molecule has 0 saturated carbocycles. The number of ether oxygens (including phenoxy) is 2. The molecule has 0 saturated heterocycles. The smallest absolute Gasteiger partial charge is 0.305 e. The zero-order valence-corrected chi connectivity index (χ0v) is 28.8. The first-order valence-electron chi connectivity index (χ1n) is 14.5. The Morgan fingerprint density at radius 3 is 1.50 bits per heavy atom. The van der Waals surface area contributed by atoms with E-state index in [2.05, 4.69) is 56.6 Å². The second kappa shape index (κ2) is 17.5. The van der Waals surface area contributed by atoms with Gasteiger partial charge in [0.2, 0.25) is 0 Å². The molecule has 0 aliphatic carbocycles. The maximum absolute atomic E-state index is 12.2. The molecule has 0 fully saturated rings. The quantitative estimate of drug-likeness (QED) is 0.0808. The zero-order chi connectivity index (χ0) is 32.2. The molecule has 1 N–H and O–H groups in total. The lowest BCUT2D eigenvalue weighted by Crippen LogP contribution is -2.04. The number of aliphatic hydroxyl groups excluding tert-OH is 1. The minimum absolute atomic E-state index is 0.00580. The monoisotopic (exact) mass is 702 g/mol. The van der Waals surface area contributed by atoms with Crippen LogP contribution in [0.15, 0.2) is 36.4 Å². The fourth-order valence-electron chi connectivity index (χ4n) is 4.69. The number of hydrogen-bond donors (Lipinski definition) is 1. The van der Waals surface area contributed by atoms with Crippen LogP contribution in [0.1, 0.15) is 80.1 Å². The number of fused-ring (bicyclic) bond motifs is 2. The number of ketones is 2. The first-order valence-corrected chi connectivity index (χ1v) is 17.3. The van der Waals surface area contributed by atoms with E-state index < -0.39 is 0 Å². The van der Waals surface area contributed by atoms with Gasteiger partial charge in [-0.15, -0.1) is 22.7 Å². The first-order chi connectivity index (χ1) is 21.1. The van der Waals surface area contributed by atoms with E-state index in [1.54, 1.807) is 0 Å². The van der Waals surface area contributed by atoms with E-state index in [4.69, 9.17) is 5.11 Å². The Hall–Kier alpha value is -2.92. The highest BCUT2D eigenvalue weighted by atomic mass is 79.9. The van der Waals surface area contributed by atoms with Gasteiger partial charge in [0, 0.05) is 34.2 Å². The molecule has 0 amide bonds. The van der Waals surface area contributed by atoms with Crippen LogP contribution in [0.2, 0.25) is 0 Å². The van der Waals surface area contributed by atoms with Crippen LogP contribution in [0.25, 0.3) is 20.2 Å². The molecular formula is C34H39BrO7S2. The number of halogens is 1. The Bertz CT molecular complexity index is 1500. The topological polar surface area (TPSA) is 107 Å². The van der Waals surface area contributed by atoms with Crippen molar-refractivity contribution < 1.29 is 33.8 Å². The summed E-state index contributed by atoms with van der Waals surface area (Å²) in [6.45, 7) is 4.34. The SMILES string of the molecule is COC(=O)CCC(=O)c1cc2cc(CCCBr)c(C)cc2s1.COC(=O)CCC(=O)c1cc2cc(CCCO)c(C)cc2s1. The van der Waals surface area contributed by atoms with Gasteiger partial charge in [-0.05, 0) is 96.8 Å². The highest BCUT2D eigenvalue weighted by Gasteiger charge is 2.15. The van der Waals surface area contributed by atoms with Crippen molar-refractivity contribution in [2.24, 2.45) is 0 Å². The van der Waals surface area contributed by atoms with Crippen LogP contribution in [0, 0.1) is 13.8 Å². The maximum atomic E-state index is 12.2. The van der Waals surface area contributed by atoms with Gasteiger partial charge in [-0.1, -0.05) is 28.1 Å². The number of rotatable bonds is 14. The molecule has 0 unspecified atom stereocenters. The Morgan fingerprint density at radius 1 is 0.682 bits per heavy atom. The number of aliphatic hydroxyl groups is 1. The van der Waals surface area contributed by atoms with Crippen molar-refractivity contribution in [3.63, 3.8) is 0 Å². The van der Waals surface area contributed by atoms with Gasteiger partial charge in [0.1, 0.15) is 0 Å². The number of alkyl halides is 1. The summed E-state index contributed by atoms with van der Waals surface area (Å²) in [5, 5.41) is 12.1. The molecule has 7 nitrogen and oxygen atoms in total. The van der Waals surface area contributed by atoms with E-state index in [0.717, 1.165) is 56.1 Å². The minimum atomic E-state index is -0.364. The number of aryl methyl sites for hydroxylation is 4. The summed E-state index contributed by atoms with van der Waals surface area (Å²) in [5.41, 5.74) is 4.98. The molecule has 44 heavy (non-hydrogen) atoms. The van der Waals surface area contributed by atoms with Crippen molar-refractivity contribution >= 4 is 82.3 Å². The van der Waals surface area contributed by atoms with Crippen molar-refractivity contribution in [2.45, 2.75) is 65.2 Å². The van der Waals surface area contributed by atoms with Gasteiger partial charge in [0.25, 0.3) is 0 Å². The van der Waals surface area contributed by atoms with Gasteiger partial charge in [-0.25, -0.2) is 0 Å². The van der Waals surface area contributed by atoms with Crippen LogP contribution in [-0.4, -0.2) is 54.8 Å². The summed E-state index contributed by atoms with van der Waals surface area (Å²) in [6.07, 6.45) is 4.34. The normalized spacial score (nSPS) is 10.9. The Balaban J connectivity index is 0.000000240. The molecule has 0 atom stereocenters. The van der Waals surface area contributed by atoms with Crippen molar-refractivity contribution in [3.05, 3.63) is 68.4 Å². The summed E-state index contributed by atoms with van der Waals surface area (Å²) in [6, 6.07) is 12.3. The number of esters is 2. The average Bonchev–Trinajstić information content (AvgIpc) is 3.63. The lowest BCUT2D eigenvalue weighted by Gasteiger charge is -2.04. The summed E-state index contributed by atoms with van der Waals surface area (Å²) in [4.78, 5) is 48.0. The van der Waals surface area contributed by atoms with E-state index in [0.29, 0.717) is 4.88 Å². The number of thiophene rings is 2. The molecule has 0 radical (unpaired) electrons. The number of benzene rings is 2. The number of carbonyl (C=O) groups is 4. The number of hydrogen-bond acceptors (Lipinski definition) is 9.